The van der Waals surface area contributed by atoms with Gasteiger partial charge in [0.15, 0.2) is 0 Å². The summed E-state index contributed by atoms with van der Waals surface area (Å²) in [5.74, 6) is -0.823. The molecule has 0 aliphatic rings. The number of rotatable bonds is 2. The maximum atomic E-state index is 12.3. The molecule has 0 amide bonds. The van der Waals surface area contributed by atoms with E-state index >= 15 is 0 Å². The van der Waals surface area contributed by atoms with Crippen LogP contribution in [0.15, 0.2) is 6.07 Å². The van der Waals surface area contributed by atoms with Gasteiger partial charge in [-0.05, 0) is 9.91 Å². The van der Waals surface area contributed by atoms with Crippen LogP contribution in [0.1, 0.15) is 17.7 Å². The number of nitrogen functional groups attached to an aromatic ring is 1. The summed E-state index contributed by atoms with van der Waals surface area (Å²) in [5, 5.41) is 18.8. The highest BCUT2D eigenvalue weighted by Gasteiger charge is 2.23. The van der Waals surface area contributed by atoms with Gasteiger partial charge in [0.25, 0.3) is 12.1 Å². The fourth-order valence-corrected chi connectivity index (χ4v) is 0.920. The Kier molecular flexibility index (Phi) is 2.75. The van der Waals surface area contributed by atoms with Crippen LogP contribution in [0.5, 0.6) is 0 Å². The number of nitro groups is 1. The molecule has 1 heterocycles. The van der Waals surface area contributed by atoms with Gasteiger partial charge in [-0.2, -0.15) is 5.26 Å². The summed E-state index contributed by atoms with van der Waals surface area (Å²) in [6.45, 7) is 0. The molecular weight excluding hydrogens is 210 g/mol. The number of alkyl halides is 2. The van der Waals surface area contributed by atoms with E-state index in [9.17, 15) is 18.9 Å². The van der Waals surface area contributed by atoms with Gasteiger partial charge < -0.3 is 15.8 Å². The third-order valence-corrected chi connectivity index (χ3v) is 1.61. The van der Waals surface area contributed by atoms with E-state index in [1.54, 1.807) is 0 Å². The van der Waals surface area contributed by atoms with Gasteiger partial charge in [0.2, 0.25) is 0 Å². The lowest BCUT2D eigenvalue weighted by molar-refractivity contribution is -0.389. The zero-order valence-electron chi connectivity index (χ0n) is 7.15. The van der Waals surface area contributed by atoms with E-state index in [2.05, 4.69) is 4.98 Å². The highest BCUT2D eigenvalue weighted by molar-refractivity contribution is 5.59. The topological polar surface area (TPSA) is 106 Å². The molecule has 1 aromatic rings. The number of pyridine rings is 1. The van der Waals surface area contributed by atoms with Crippen LogP contribution in [0, 0.1) is 21.4 Å². The highest BCUT2D eigenvalue weighted by Crippen LogP contribution is 2.29. The lowest BCUT2D eigenvalue weighted by Crippen LogP contribution is -2.04. The molecule has 0 saturated carbocycles. The highest BCUT2D eigenvalue weighted by atomic mass is 19.3. The summed E-state index contributed by atoms with van der Waals surface area (Å²) >= 11 is 0. The molecule has 15 heavy (non-hydrogen) atoms. The summed E-state index contributed by atoms with van der Waals surface area (Å²) in [4.78, 5) is 12.6. The monoisotopic (exact) mass is 214 g/mol. The zero-order chi connectivity index (χ0) is 11.6. The molecule has 0 atom stereocenters. The van der Waals surface area contributed by atoms with Crippen molar-refractivity contribution >= 4 is 11.5 Å². The van der Waals surface area contributed by atoms with Crippen molar-refractivity contribution in [3.05, 3.63) is 27.4 Å². The minimum absolute atomic E-state index is 0.530. The number of hydrogen-bond acceptors (Lipinski definition) is 5. The molecule has 78 valence electrons. The van der Waals surface area contributed by atoms with Gasteiger partial charge in [-0.3, -0.25) is 0 Å². The SMILES string of the molecule is N#Cc1nc([N+](=O)[O-])cc(C(F)F)c1N. The van der Waals surface area contributed by atoms with Gasteiger partial charge in [0.05, 0.1) is 5.56 Å². The van der Waals surface area contributed by atoms with E-state index < -0.39 is 34.1 Å². The number of halogens is 2. The second-order valence-electron chi connectivity index (χ2n) is 2.50. The first-order chi connectivity index (χ1) is 6.97. The summed E-state index contributed by atoms with van der Waals surface area (Å²) in [6, 6.07) is 1.97. The number of anilines is 1. The molecule has 0 aromatic carbocycles. The summed E-state index contributed by atoms with van der Waals surface area (Å²) < 4.78 is 24.7. The molecule has 6 nitrogen and oxygen atoms in total. The Labute approximate surface area is 82.1 Å². The molecular formula is C7H4F2N4O2. The van der Waals surface area contributed by atoms with E-state index in [-0.39, 0.29) is 0 Å². The lowest BCUT2D eigenvalue weighted by Gasteiger charge is -2.03. The molecule has 0 aliphatic carbocycles. The van der Waals surface area contributed by atoms with E-state index in [1.165, 1.54) is 6.07 Å². The van der Waals surface area contributed by atoms with Crippen LogP contribution in [-0.2, 0) is 0 Å². The average Bonchev–Trinajstić information content (AvgIpc) is 2.17. The number of aromatic nitrogens is 1. The third kappa shape index (κ3) is 1.96. The van der Waals surface area contributed by atoms with Gasteiger partial charge >= 0.3 is 5.82 Å². The number of nitriles is 1. The third-order valence-electron chi connectivity index (χ3n) is 1.61. The first-order valence-corrected chi connectivity index (χ1v) is 3.60. The van der Waals surface area contributed by atoms with Gasteiger partial charge in [-0.25, -0.2) is 8.78 Å². The van der Waals surface area contributed by atoms with Crippen LogP contribution in [0.2, 0.25) is 0 Å². The van der Waals surface area contributed by atoms with E-state index in [1.807, 2.05) is 0 Å². The fourth-order valence-electron chi connectivity index (χ4n) is 0.920. The normalized spacial score (nSPS) is 10.0. The van der Waals surface area contributed by atoms with Crippen molar-refractivity contribution in [2.75, 3.05) is 5.73 Å². The van der Waals surface area contributed by atoms with Crippen LogP contribution in [0.4, 0.5) is 20.3 Å². The smallest absolute Gasteiger partial charge is 0.365 e. The maximum Gasteiger partial charge on any atom is 0.365 e. The van der Waals surface area contributed by atoms with Gasteiger partial charge in [0, 0.05) is 6.07 Å². The molecule has 0 fully saturated rings. The Morgan fingerprint density at radius 3 is 2.67 bits per heavy atom. The Morgan fingerprint density at radius 2 is 2.27 bits per heavy atom. The van der Waals surface area contributed by atoms with Gasteiger partial charge in [-0.15, -0.1) is 0 Å². The molecule has 0 radical (unpaired) electrons. The molecule has 1 rings (SSSR count). The van der Waals surface area contributed by atoms with Crippen molar-refractivity contribution in [1.82, 2.24) is 4.98 Å². The summed E-state index contributed by atoms with van der Waals surface area (Å²) in [7, 11) is 0. The van der Waals surface area contributed by atoms with E-state index in [0.29, 0.717) is 6.07 Å². The van der Waals surface area contributed by atoms with Crippen LogP contribution in [0.25, 0.3) is 0 Å². The quantitative estimate of drug-likeness (QED) is 0.591. The van der Waals surface area contributed by atoms with Crippen molar-refractivity contribution in [1.29, 1.82) is 5.26 Å². The Morgan fingerprint density at radius 1 is 1.67 bits per heavy atom. The molecule has 0 spiro atoms. The van der Waals surface area contributed by atoms with Crippen molar-refractivity contribution in [3.63, 3.8) is 0 Å². The molecule has 0 saturated heterocycles. The van der Waals surface area contributed by atoms with Crippen molar-refractivity contribution < 1.29 is 13.7 Å². The van der Waals surface area contributed by atoms with Crippen LogP contribution in [-0.4, -0.2) is 9.91 Å². The Bertz CT molecular complexity index is 455. The molecule has 0 unspecified atom stereocenters. The second-order valence-corrected chi connectivity index (χ2v) is 2.50. The molecule has 8 heteroatoms. The first-order valence-electron chi connectivity index (χ1n) is 3.60. The molecule has 0 bridgehead atoms. The summed E-state index contributed by atoms with van der Waals surface area (Å²) in [5.41, 5.74) is 3.32. The number of nitrogens with two attached hydrogens (primary N) is 1. The lowest BCUT2D eigenvalue weighted by atomic mass is 10.2. The predicted octanol–water partition coefficient (Wildman–Crippen LogP) is 1.38. The fraction of sp³-hybridized carbons (Fsp3) is 0.143. The van der Waals surface area contributed by atoms with Crippen molar-refractivity contribution in [2.45, 2.75) is 6.43 Å². The second kappa shape index (κ2) is 3.83. The maximum absolute atomic E-state index is 12.3. The number of nitrogens with zero attached hydrogens (tertiary/aromatic N) is 3. The zero-order valence-corrected chi connectivity index (χ0v) is 7.15. The van der Waals surface area contributed by atoms with Crippen LogP contribution >= 0.6 is 0 Å². The molecule has 1 aromatic heterocycles. The Balaban J connectivity index is 3.47. The predicted molar refractivity (Wildman–Crippen MR) is 45.0 cm³/mol. The Hall–Kier alpha value is -2.30. The van der Waals surface area contributed by atoms with Gasteiger partial charge in [-0.1, -0.05) is 0 Å². The average molecular weight is 214 g/mol. The van der Waals surface area contributed by atoms with Gasteiger partial charge in [0.1, 0.15) is 11.8 Å². The minimum Gasteiger partial charge on any atom is -0.394 e. The standard InChI is InChI=1S/C7H4F2N4O2/c8-7(9)3-1-5(13(14)15)12-4(2-10)6(3)11/h1,7H,11H2. The number of hydrogen-bond donors (Lipinski definition) is 1. The minimum atomic E-state index is -2.99. The van der Waals surface area contributed by atoms with E-state index in [4.69, 9.17) is 11.0 Å². The van der Waals surface area contributed by atoms with Crippen molar-refractivity contribution in [2.24, 2.45) is 0 Å². The van der Waals surface area contributed by atoms with Crippen LogP contribution in [0.3, 0.4) is 0 Å². The molecule has 0 aliphatic heterocycles. The molecule has 2 N–H and O–H groups in total. The first kappa shape index (κ1) is 10.8. The summed E-state index contributed by atoms with van der Waals surface area (Å²) in [6.07, 6.45) is -2.99. The largest absolute Gasteiger partial charge is 0.394 e. The van der Waals surface area contributed by atoms with Crippen LogP contribution < -0.4 is 5.73 Å². The van der Waals surface area contributed by atoms with E-state index in [0.717, 1.165) is 0 Å². The van der Waals surface area contributed by atoms with Crippen molar-refractivity contribution in [3.8, 4) is 6.07 Å².